The van der Waals surface area contributed by atoms with E-state index in [0.29, 0.717) is 19.3 Å². The van der Waals surface area contributed by atoms with E-state index in [1.54, 1.807) is 13.0 Å². The summed E-state index contributed by atoms with van der Waals surface area (Å²) in [5.74, 6) is -1.56. The average molecular weight is 507 g/mol. The first-order chi connectivity index (χ1) is 14.6. The molecular formula is C22H29Cl2O7P. The number of rotatable bonds is 4. The summed E-state index contributed by atoms with van der Waals surface area (Å²) in [7, 11) is -4.87. The SMILES string of the molecule is CC1CC2C3CCC4=CC(=O)C=CC4(C)C3(Cl)C(Cl)CC2(C)C1(O)C(=O)COP(=O)(O)O. The first-order valence-electron chi connectivity index (χ1n) is 10.8. The van der Waals surface area contributed by atoms with Gasteiger partial charge in [0.25, 0.3) is 0 Å². The maximum atomic E-state index is 13.1. The molecule has 4 rings (SSSR count). The van der Waals surface area contributed by atoms with Gasteiger partial charge in [-0.05, 0) is 55.6 Å². The maximum absolute atomic E-state index is 13.1. The van der Waals surface area contributed by atoms with Gasteiger partial charge in [-0.15, -0.1) is 23.2 Å². The minimum atomic E-state index is -4.87. The van der Waals surface area contributed by atoms with Gasteiger partial charge in [-0.3, -0.25) is 14.1 Å². The van der Waals surface area contributed by atoms with Crippen molar-refractivity contribution < 1.29 is 33.6 Å². The van der Waals surface area contributed by atoms with Gasteiger partial charge in [0, 0.05) is 10.8 Å². The third kappa shape index (κ3) is 3.12. The normalized spacial score (nSPS) is 48.0. The third-order valence-electron chi connectivity index (χ3n) is 8.97. The van der Waals surface area contributed by atoms with Gasteiger partial charge < -0.3 is 14.9 Å². The summed E-state index contributed by atoms with van der Waals surface area (Å²) < 4.78 is 15.6. The molecule has 0 aromatic rings. The molecule has 7 nitrogen and oxygen atoms in total. The molecule has 0 radical (unpaired) electrons. The highest BCUT2D eigenvalue weighted by molar-refractivity contribution is 7.46. The Hall–Kier alpha value is -0.530. The van der Waals surface area contributed by atoms with E-state index < -0.39 is 52.8 Å². The molecule has 0 aromatic heterocycles. The van der Waals surface area contributed by atoms with Crippen molar-refractivity contribution in [3.8, 4) is 0 Å². The molecule has 10 heteroatoms. The fourth-order valence-corrected chi connectivity index (χ4v) is 8.85. The summed E-state index contributed by atoms with van der Waals surface area (Å²) in [6.45, 7) is 4.72. The van der Waals surface area contributed by atoms with Crippen molar-refractivity contribution >= 4 is 42.6 Å². The highest BCUT2D eigenvalue weighted by Gasteiger charge is 2.74. The minimum absolute atomic E-state index is 0.0671. The smallest absolute Gasteiger partial charge is 0.381 e. The Morgan fingerprint density at radius 2 is 1.97 bits per heavy atom. The van der Waals surface area contributed by atoms with Crippen LogP contribution in [-0.4, -0.2) is 48.9 Å². The van der Waals surface area contributed by atoms with Crippen LogP contribution in [0.1, 0.15) is 46.5 Å². The monoisotopic (exact) mass is 506 g/mol. The van der Waals surface area contributed by atoms with Gasteiger partial charge in [-0.1, -0.05) is 32.4 Å². The summed E-state index contributed by atoms with van der Waals surface area (Å²) in [6, 6.07) is 0. The fraction of sp³-hybridized carbons (Fsp3) is 0.727. The lowest BCUT2D eigenvalue weighted by molar-refractivity contribution is -0.167. The van der Waals surface area contributed by atoms with Crippen molar-refractivity contribution in [1.29, 1.82) is 0 Å². The number of aliphatic hydroxyl groups is 1. The predicted molar refractivity (Wildman–Crippen MR) is 119 cm³/mol. The van der Waals surface area contributed by atoms with Crippen LogP contribution in [0.3, 0.4) is 0 Å². The van der Waals surface area contributed by atoms with Crippen LogP contribution in [0.15, 0.2) is 23.8 Å². The second-order valence-electron chi connectivity index (χ2n) is 10.3. The number of hydrogen-bond donors (Lipinski definition) is 3. The molecule has 4 aliphatic rings. The van der Waals surface area contributed by atoms with Gasteiger partial charge in [0.15, 0.2) is 11.6 Å². The highest BCUT2D eigenvalue weighted by Crippen LogP contribution is 2.72. The molecule has 0 aliphatic heterocycles. The molecule has 3 N–H and O–H groups in total. The Balaban J connectivity index is 1.74. The predicted octanol–water partition coefficient (Wildman–Crippen LogP) is 3.53. The van der Waals surface area contributed by atoms with Crippen molar-refractivity contribution in [3.05, 3.63) is 23.8 Å². The van der Waals surface area contributed by atoms with Crippen molar-refractivity contribution in [3.63, 3.8) is 0 Å². The zero-order chi connectivity index (χ0) is 23.9. The second kappa shape index (κ2) is 7.48. The van der Waals surface area contributed by atoms with Crippen LogP contribution >= 0.6 is 31.0 Å². The van der Waals surface area contributed by atoms with Crippen LogP contribution in [0.2, 0.25) is 0 Å². The molecule has 8 atom stereocenters. The van der Waals surface area contributed by atoms with Gasteiger partial charge in [0.05, 0.1) is 10.3 Å². The number of ketones is 2. The summed E-state index contributed by atoms with van der Waals surface area (Å²) in [4.78, 5) is 42.2. The Morgan fingerprint density at radius 1 is 1.31 bits per heavy atom. The van der Waals surface area contributed by atoms with Crippen LogP contribution in [0.4, 0.5) is 0 Å². The Labute approximate surface area is 197 Å². The van der Waals surface area contributed by atoms with E-state index in [4.69, 9.17) is 33.0 Å². The Kier molecular flexibility index (Phi) is 5.75. The average Bonchev–Trinajstić information content (AvgIpc) is 2.89. The van der Waals surface area contributed by atoms with E-state index in [9.17, 15) is 19.3 Å². The molecule has 32 heavy (non-hydrogen) atoms. The van der Waals surface area contributed by atoms with E-state index in [2.05, 4.69) is 4.52 Å². The molecule has 3 saturated carbocycles. The van der Waals surface area contributed by atoms with Gasteiger partial charge >= 0.3 is 7.82 Å². The summed E-state index contributed by atoms with van der Waals surface area (Å²) in [5, 5.41) is 11.1. The number of hydrogen-bond acceptors (Lipinski definition) is 5. The van der Waals surface area contributed by atoms with E-state index in [1.165, 1.54) is 6.08 Å². The number of phosphoric ester groups is 1. The lowest BCUT2D eigenvalue weighted by atomic mass is 9.46. The number of allylic oxidation sites excluding steroid dienone is 4. The molecule has 8 unspecified atom stereocenters. The number of Topliss-reactive ketones (excluding diaryl/α,β-unsaturated/α-hetero) is 1. The number of carbonyl (C=O) groups excluding carboxylic acids is 2. The molecule has 0 spiro atoms. The number of alkyl halides is 2. The molecule has 0 aromatic carbocycles. The third-order valence-corrected chi connectivity index (χ3v) is 11.0. The van der Waals surface area contributed by atoms with Crippen LogP contribution in [0.25, 0.3) is 0 Å². The molecule has 0 bridgehead atoms. The zero-order valence-electron chi connectivity index (χ0n) is 18.3. The molecule has 0 amide bonds. The second-order valence-corrected chi connectivity index (χ2v) is 12.7. The number of halogens is 2. The number of phosphoric acid groups is 1. The van der Waals surface area contributed by atoms with Crippen LogP contribution < -0.4 is 0 Å². The summed E-state index contributed by atoms with van der Waals surface area (Å²) in [6.07, 6.45) is 7.14. The standard InChI is InChI=1S/C22H29Cl2O7P/c1-12-8-16-15-5-4-13-9-14(25)6-7-19(13,2)21(15,24)17(23)10-20(16,3)22(12,27)18(26)11-31-32(28,29)30/h6-7,9,12,15-17,27H,4-5,8,10-11H2,1-3H3,(H2,28,29,30). The molecule has 4 aliphatic carbocycles. The largest absolute Gasteiger partial charge is 0.470 e. The van der Waals surface area contributed by atoms with Crippen molar-refractivity contribution in [2.75, 3.05) is 6.61 Å². The van der Waals surface area contributed by atoms with Crippen molar-refractivity contribution in [2.45, 2.75) is 62.3 Å². The van der Waals surface area contributed by atoms with E-state index in [0.717, 1.165) is 5.57 Å². The summed E-state index contributed by atoms with van der Waals surface area (Å²) in [5.41, 5.74) is -2.47. The topological polar surface area (TPSA) is 121 Å². The van der Waals surface area contributed by atoms with Crippen LogP contribution in [0, 0.1) is 28.6 Å². The van der Waals surface area contributed by atoms with Crippen LogP contribution in [-0.2, 0) is 18.7 Å². The number of carbonyl (C=O) groups is 2. The first-order valence-corrected chi connectivity index (χ1v) is 13.2. The molecule has 178 valence electrons. The van der Waals surface area contributed by atoms with Gasteiger partial charge in [0.2, 0.25) is 0 Å². The zero-order valence-corrected chi connectivity index (χ0v) is 20.7. The van der Waals surface area contributed by atoms with Crippen molar-refractivity contribution in [2.24, 2.45) is 28.6 Å². The maximum Gasteiger partial charge on any atom is 0.470 e. The van der Waals surface area contributed by atoms with Gasteiger partial charge in [-0.2, -0.15) is 0 Å². The highest BCUT2D eigenvalue weighted by atomic mass is 35.5. The number of fused-ring (bicyclic) bond motifs is 5. The van der Waals surface area contributed by atoms with Crippen LogP contribution in [0.5, 0.6) is 0 Å². The van der Waals surface area contributed by atoms with E-state index in [-0.39, 0.29) is 24.0 Å². The van der Waals surface area contributed by atoms with E-state index in [1.807, 2.05) is 19.9 Å². The van der Waals surface area contributed by atoms with Gasteiger partial charge in [-0.25, -0.2) is 4.57 Å². The lowest BCUT2D eigenvalue weighted by Gasteiger charge is -2.63. The molecule has 0 saturated heterocycles. The molecule has 3 fully saturated rings. The molecule has 0 heterocycles. The molecular weight excluding hydrogens is 478 g/mol. The van der Waals surface area contributed by atoms with Gasteiger partial charge in [0.1, 0.15) is 12.2 Å². The van der Waals surface area contributed by atoms with Crippen molar-refractivity contribution in [1.82, 2.24) is 0 Å². The Bertz CT molecular complexity index is 975. The fourth-order valence-electron chi connectivity index (χ4n) is 7.33. The lowest BCUT2D eigenvalue weighted by Crippen LogP contribution is -2.67. The first kappa shape index (κ1) is 24.6. The van der Waals surface area contributed by atoms with E-state index >= 15 is 0 Å². The quantitative estimate of drug-likeness (QED) is 0.393. The minimum Gasteiger partial charge on any atom is -0.381 e. The summed E-state index contributed by atoms with van der Waals surface area (Å²) >= 11 is 14.4. The Morgan fingerprint density at radius 3 is 2.59 bits per heavy atom.